The summed E-state index contributed by atoms with van der Waals surface area (Å²) in [6.07, 6.45) is -0.00459. The number of hydrogen-bond donors (Lipinski definition) is 3. The van der Waals surface area contributed by atoms with Crippen molar-refractivity contribution in [2.75, 3.05) is 18.9 Å². The highest BCUT2D eigenvalue weighted by Gasteiger charge is 2.40. The Bertz CT molecular complexity index is 645. The van der Waals surface area contributed by atoms with Gasteiger partial charge in [-0.25, -0.2) is 13.1 Å². The standard InChI is InChI=1S/C14H22N2O4S/c1-9-4-5-10(2)13(12(9)15)21(18,19)16-8-14(17)6-7-20-11(14)3/h4-5,11,16-17H,6-8,15H2,1-3H3. The van der Waals surface area contributed by atoms with Crippen molar-refractivity contribution in [1.82, 2.24) is 4.72 Å². The molecule has 0 aromatic heterocycles. The molecule has 4 N–H and O–H groups in total. The first-order chi connectivity index (χ1) is 9.67. The molecule has 0 bridgehead atoms. The first kappa shape index (κ1) is 16.2. The third-order valence-corrected chi connectivity index (χ3v) is 5.71. The highest BCUT2D eigenvalue weighted by molar-refractivity contribution is 7.89. The van der Waals surface area contributed by atoms with Gasteiger partial charge in [0, 0.05) is 19.6 Å². The third kappa shape index (κ3) is 3.06. The van der Waals surface area contributed by atoms with Gasteiger partial charge in [-0.15, -0.1) is 0 Å². The van der Waals surface area contributed by atoms with Crippen molar-refractivity contribution in [3.05, 3.63) is 23.3 Å². The molecule has 1 saturated heterocycles. The van der Waals surface area contributed by atoms with Gasteiger partial charge in [-0.2, -0.15) is 0 Å². The number of nitrogen functional groups attached to an aromatic ring is 1. The lowest BCUT2D eigenvalue weighted by Gasteiger charge is -2.26. The number of benzene rings is 1. The van der Waals surface area contributed by atoms with Crippen molar-refractivity contribution in [3.63, 3.8) is 0 Å². The number of sulfonamides is 1. The van der Waals surface area contributed by atoms with Gasteiger partial charge in [-0.05, 0) is 31.9 Å². The Kier molecular flexibility index (Phi) is 4.30. The number of aryl methyl sites for hydroxylation is 2. The normalized spacial score (nSPS) is 26.2. The van der Waals surface area contributed by atoms with Crippen LogP contribution in [-0.4, -0.2) is 38.4 Å². The van der Waals surface area contributed by atoms with Crippen molar-refractivity contribution in [1.29, 1.82) is 0 Å². The van der Waals surface area contributed by atoms with E-state index in [9.17, 15) is 13.5 Å². The van der Waals surface area contributed by atoms with Crippen LogP contribution in [0, 0.1) is 13.8 Å². The van der Waals surface area contributed by atoms with Gasteiger partial charge in [0.1, 0.15) is 10.5 Å². The van der Waals surface area contributed by atoms with E-state index < -0.39 is 21.7 Å². The molecule has 6 nitrogen and oxygen atoms in total. The van der Waals surface area contributed by atoms with E-state index in [0.29, 0.717) is 24.2 Å². The zero-order valence-electron chi connectivity index (χ0n) is 12.5. The second-order valence-corrected chi connectivity index (χ2v) is 7.34. The average Bonchev–Trinajstić information content (AvgIpc) is 2.73. The topological polar surface area (TPSA) is 102 Å². The van der Waals surface area contributed by atoms with Gasteiger partial charge >= 0.3 is 0 Å². The van der Waals surface area contributed by atoms with Crippen LogP contribution < -0.4 is 10.5 Å². The number of nitrogens with one attached hydrogen (secondary N) is 1. The van der Waals surface area contributed by atoms with E-state index >= 15 is 0 Å². The first-order valence-electron chi connectivity index (χ1n) is 6.87. The molecular weight excluding hydrogens is 292 g/mol. The van der Waals surface area contributed by atoms with Crippen LogP contribution in [0.15, 0.2) is 17.0 Å². The average molecular weight is 314 g/mol. The molecule has 0 saturated carbocycles. The first-order valence-corrected chi connectivity index (χ1v) is 8.35. The molecular formula is C14H22N2O4S. The molecule has 1 aliphatic rings. The van der Waals surface area contributed by atoms with Gasteiger partial charge in [-0.1, -0.05) is 12.1 Å². The van der Waals surface area contributed by atoms with Crippen LogP contribution in [0.25, 0.3) is 0 Å². The Morgan fingerprint density at radius 2 is 2.05 bits per heavy atom. The van der Waals surface area contributed by atoms with Crippen LogP contribution in [-0.2, 0) is 14.8 Å². The maximum Gasteiger partial charge on any atom is 0.242 e. The molecule has 2 atom stereocenters. The molecule has 7 heteroatoms. The molecule has 0 spiro atoms. The predicted octanol–water partition coefficient (Wildman–Crippen LogP) is 0.704. The molecule has 21 heavy (non-hydrogen) atoms. The van der Waals surface area contributed by atoms with E-state index in [1.807, 2.05) is 0 Å². The maximum absolute atomic E-state index is 12.5. The van der Waals surface area contributed by atoms with Gasteiger partial charge in [0.2, 0.25) is 10.0 Å². The molecule has 2 rings (SSSR count). The summed E-state index contributed by atoms with van der Waals surface area (Å²) in [4.78, 5) is 0.0812. The lowest BCUT2D eigenvalue weighted by Crippen LogP contribution is -2.47. The van der Waals surface area contributed by atoms with E-state index in [1.54, 1.807) is 32.9 Å². The van der Waals surface area contributed by atoms with Crippen LogP contribution in [0.1, 0.15) is 24.5 Å². The van der Waals surface area contributed by atoms with Crippen molar-refractivity contribution in [2.45, 2.75) is 43.8 Å². The van der Waals surface area contributed by atoms with Gasteiger partial charge in [0.25, 0.3) is 0 Å². The number of rotatable bonds is 4. The summed E-state index contributed by atoms with van der Waals surface area (Å²) in [5, 5.41) is 10.4. The Morgan fingerprint density at radius 3 is 2.62 bits per heavy atom. The second kappa shape index (κ2) is 5.57. The molecule has 2 unspecified atom stereocenters. The predicted molar refractivity (Wildman–Crippen MR) is 80.5 cm³/mol. The van der Waals surface area contributed by atoms with Crippen LogP contribution in [0.2, 0.25) is 0 Å². The summed E-state index contributed by atoms with van der Waals surface area (Å²) in [6.45, 7) is 5.51. The molecule has 118 valence electrons. The number of aliphatic hydroxyl groups is 1. The summed E-state index contributed by atoms with van der Waals surface area (Å²) >= 11 is 0. The van der Waals surface area contributed by atoms with E-state index in [0.717, 1.165) is 0 Å². The number of hydrogen-bond acceptors (Lipinski definition) is 5. The van der Waals surface area contributed by atoms with E-state index in [4.69, 9.17) is 10.5 Å². The molecule has 1 aromatic rings. The molecule has 0 radical (unpaired) electrons. The zero-order chi connectivity index (χ0) is 15.8. The van der Waals surface area contributed by atoms with Gasteiger partial charge in [-0.3, -0.25) is 0 Å². The van der Waals surface area contributed by atoms with Crippen LogP contribution in [0.4, 0.5) is 5.69 Å². The number of nitrogens with two attached hydrogens (primary N) is 1. The lowest BCUT2D eigenvalue weighted by atomic mass is 9.97. The molecule has 1 heterocycles. The SMILES string of the molecule is Cc1ccc(C)c(S(=O)(=O)NCC2(O)CCOC2C)c1N. The minimum atomic E-state index is -3.78. The quantitative estimate of drug-likeness (QED) is 0.710. The Hall–Kier alpha value is -1.15. The Labute approximate surface area is 125 Å². The summed E-state index contributed by atoms with van der Waals surface area (Å²) in [5.41, 5.74) is 6.25. The van der Waals surface area contributed by atoms with E-state index in [2.05, 4.69) is 4.72 Å². The fourth-order valence-corrected chi connectivity index (χ4v) is 3.99. The highest BCUT2D eigenvalue weighted by Crippen LogP contribution is 2.28. The zero-order valence-corrected chi connectivity index (χ0v) is 13.3. The fraction of sp³-hybridized carbons (Fsp3) is 0.571. The van der Waals surface area contributed by atoms with E-state index in [1.165, 1.54) is 0 Å². The van der Waals surface area contributed by atoms with Crippen molar-refractivity contribution < 1.29 is 18.3 Å². The number of anilines is 1. The maximum atomic E-state index is 12.5. The smallest absolute Gasteiger partial charge is 0.242 e. The van der Waals surface area contributed by atoms with Gasteiger partial charge in [0.15, 0.2) is 0 Å². The minimum absolute atomic E-state index is 0.0812. The lowest BCUT2D eigenvalue weighted by molar-refractivity contribution is -0.0228. The molecule has 1 fully saturated rings. The summed E-state index contributed by atoms with van der Waals surface area (Å²) in [5.74, 6) is 0. The summed E-state index contributed by atoms with van der Waals surface area (Å²) < 4.78 is 32.7. The van der Waals surface area contributed by atoms with E-state index in [-0.39, 0.29) is 17.1 Å². The molecule has 0 aliphatic carbocycles. The van der Waals surface area contributed by atoms with Crippen LogP contribution >= 0.6 is 0 Å². The molecule has 1 aliphatic heterocycles. The summed E-state index contributed by atoms with van der Waals surface area (Å²) in [7, 11) is -3.78. The Morgan fingerprint density at radius 1 is 1.43 bits per heavy atom. The Balaban J connectivity index is 2.26. The molecule has 1 aromatic carbocycles. The van der Waals surface area contributed by atoms with Crippen LogP contribution in [0.5, 0.6) is 0 Å². The van der Waals surface area contributed by atoms with Crippen LogP contribution in [0.3, 0.4) is 0 Å². The highest BCUT2D eigenvalue weighted by atomic mass is 32.2. The fourth-order valence-electron chi connectivity index (χ4n) is 2.46. The largest absolute Gasteiger partial charge is 0.397 e. The van der Waals surface area contributed by atoms with Crippen molar-refractivity contribution in [3.8, 4) is 0 Å². The van der Waals surface area contributed by atoms with Crippen molar-refractivity contribution >= 4 is 15.7 Å². The van der Waals surface area contributed by atoms with Gasteiger partial charge < -0.3 is 15.6 Å². The summed E-state index contributed by atoms with van der Waals surface area (Å²) in [6, 6.07) is 3.50. The minimum Gasteiger partial charge on any atom is -0.397 e. The second-order valence-electron chi connectivity index (χ2n) is 5.63. The number of ether oxygens (including phenoxy) is 1. The van der Waals surface area contributed by atoms with Gasteiger partial charge in [0.05, 0.1) is 11.8 Å². The third-order valence-electron chi connectivity index (χ3n) is 4.11. The monoisotopic (exact) mass is 314 g/mol. The molecule has 0 amide bonds. The van der Waals surface area contributed by atoms with Crippen molar-refractivity contribution in [2.24, 2.45) is 0 Å².